The molecule has 1 saturated heterocycles. The van der Waals surface area contributed by atoms with Gasteiger partial charge in [0.05, 0.1) is 0 Å². The van der Waals surface area contributed by atoms with E-state index in [2.05, 4.69) is 32.2 Å². The van der Waals surface area contributed by atoms with Crippen molar-refractivity contribution in [3.05, 3.63) is 12.2 Å². The Morgan fingerprint density at radius 1 is 1.43 bits per heavy atom. The highest BCUT2D eigenvalue weighted by molar-refractivity contribution is 8.00. The highest BCUT2D eigenvalue weighted by Crippen LogP contribution is 2.51. The van der Waals surface area contributed by atoms with Crippen LogP contribution in [0, 0.1) is 11.3 Å². The monoisotopic (exact) mass is 210 g/mol. The van der Waals surface area contributed by atoms with Gasteiger partial charge >= 0.3 is 0 Å². The van der Waals surface area contributed by atoms with Gasteiger partial charge in [0.2, 0.25) is 0 Å². The molecule has 0 N–H and O–H groups in total. The van der Waals surface area contributed by atoms with E-state index in [9.17, 15) is 0 Å². The molecule has 1 aliphatic heterocycles. The molecular formula is C13H22S. The predicted molar refractivity (Wildman–Crippen MR) is 65.7 cm³/mol. The summed E-state index contributed by atoms with van der Waals surface area (Å²) in [5.41, 5.74) is 2.08. The smallest absolute Gasteiger partial charge is 0.0107 e. The van der Waals surface area contributed by atoms with Gasteiger partial charge in [0, 0.05) is 5.25 Å². The first-order valence-electron chi connectivity index (χ1n) is 5.89. The van der Waals surface area contributed by atoms with E-state index >= 15 is 0 Å². The summed E-state index contributed by atoms with van der Waals surface area (Å²) in [6, 6.07) is 0. The van der Waals surface area contributed by atoms with Crippen molar-refractivity contribution in [2.45, 2.75) is 51.2 Å². The molecule has 80 valence electrons. The Kier molecular flexibility index (Phi) is 2.97. The number of fused-ring (bicyclic) bond motifs is 1. The van der Waals surface area contributed by atoms with Crippen molar-refractivity contribution in [3.8, 4) is 0 Å². The van der Waals surface area contributed by atoms with Crippen LogP contribution in [-0.2, 0) is 0 Å². The number of thioether (sulfide) groups is 1. The maximum absolute atomic E-state index is 4.13. The summed E-state index contributed by atoms with van der Waals surface area (Å²) in [4.78, 5) is 0. The summed E-state index contributed by atoms with van der Waals surface area (Å²) in [6.07, 6.45) is 7.13. The molecular weight excluding hydrogens is 188 g/mol. The van der Waals surface area contributed by atoms with Crippen molar-refractivity contribution < 1.29 is 0 Å². The van der Waals surface area contributed by atoms with Gasteiger partial charge in [-0.3, -0.25) is 0 Å². The normalized spacial score (nSPS) is 43.0. The van der Waals surface area contributed by atoms with Crippen LogP contribution in [0.3, 0.4) is 0 Å². The van der Waals surface area contributed by atoms with Gasteiger partial charge in [0.25, 0.3) is 0 Å². The van der Waals surface area contributed by atoms with Crippen LogP contribution in [0.5, 0.6) is 0 Å². The van der Waals surface area contributed by atoms with Crippen LogP contribution in [0.1, 0.15) is 46.0 Å². The first-order valence-corrected chi connectivity index (χ1v) is 6.94. The van der Waals surface area contributed by atoms with Gasteiger partial charge in [-0.25, -0.2) is 0 Å². The third kappa shape index (κ3) is 1.88. The highest BCUT2D eigenvalue weighted by Gasteiger charge is 2.41. The van der Waals surface area contributed by atoms with Crippen molar-refractivity contribution in [1.82, 2.24) is 0 Å². The summed E-state index contributed by atoms with van der Waals surface area (Å²) < 4.78 is 0. The standard InChI is InChI=1S/C13H22S/c1-10(2)11-5-7-13(3)6-4-8-14-12(13)9-11/h11-12H,1,4-9H2,2-3H3/t11-,12?,13?/m0/s1. The fourth-order valence-corrected chi connectivity index (χ4v) is 4.63. The third-order valence-corrected chi connectivity index (χ3v) is 5.94. The third-order valence-electron chi connectivity index (χ3n) is 4.25. The van der Waals surface area contributed by atoms with E-state index in [0.29, 0.717) is 5.41 Å². The molecule has 2 unspecified atom stereocenters. The average molecular weight is 210 g/mol. The number of hydrogen-bond donors (Lipinski definition) is 0. The maximum atomic E-state index is 4.13. The Hall–Kier alpha value is 0.0900. The molecule has 1 aliphatic carbocycles. The SMILES string of the molecule is C=C(C)[C@H]1CCC2(C)CCCSC2C1. The lowest BCUT2D eigenvalue weighted by Crippen LogP contribution is -2.39. The van der Waals surface area contributed by atoms with Crippen molar-refractivity contribution in [2.75, 3.05) is 5.75 Å². The largest absolute Gasteiger partial charge is 0.158 e. The fraction of sp³-hybridized carbons (Fsp3) is 0.846. The lowest BCUT2D eigenvalue weighted by Gasteiger charge is -2.47. The summed E-state index contributed by atoms with van der Waals surface area (Å²) in [6.45, 7) is 8.85. The van der Waals surface area contributed by atoms with Crippen LogP contribution in [0.2, 0.25) is 0 Å². The Labute approximate surface area is 92.5 Å². The van der Waals surface area contributed by atoms with Crippen molar-refractivity contribution in [3.63, 3.8) is 0 Å². The topological polar surface area (TPSA) is 0 Å². The van der Waals surface area contributed by atoms with Crippen LogP contribution in [0.25, 0.3) is 0 Å². The van der Waals surface area contributed by atoms with Gasteiger partial charge < -0.3 is 0 Å². The van der Waals surface area contributed by atoms with E-state index in [0.717, 1.165) is 11.2 Å². The van der Waals surface area contributed by atoms with Gasteiger partial charge in [-0.1, -0.05) is 19.1 Å². The van der Waals surface area contributed by atoms with Gasteiger partial charge in [-0.2, -0.15) is 11.8 Å². The summed E-state index contributed by atoms with van der Waals surface area (Å²) in [7, 11) is 0. The van der Waals surface area contributed by atoms with Gasteiger partial charge in [0.15, 0.2) is 0 Å². The molecule has 0 aromatic rings. The van der Waals surface area contributed by atoms with Crippen LogP contribution in [0.15, 0.2) is 12.2 Å². The quantitative estimate of drug-likeness (QED) is 0.583. The van der Waals surface area contributed by atoms with Gasteiger partial charge in [-0.15, -0.1) is 0 Å². The van der Waals surface area contributed by atoms with E-state index in [1.54, 1.807) is 0 Å². The Morgan fingerprint density at radius 3 is 2.93 bits per heavy atom. The Morgan fingerprint density at radius 2 is 2.21 bits per heavy atom. The molecule has 0 amide bonds. The Bertz CT molecular complexity index is 233. The number of allylic oxidation sites excluding steroid dienone is 1. The summed E-state index contributed by atoms with van der Waals surface area (Å²) >= 11 is 2.23. The van der Waals surface area contributed by atoms with Crippen LogP contribution in [-0.4, -0.2) is 11.0 Å². The maximum Gasteiger partial charge on any atom is 0.0107 e. The van der Waals surface area contributed by atoms with Crippen LogP contribution >= 0.6 is 11.8 Å². The van der Waals surface area contributed by atoms with E-state index in [1.165, 1.54) is 43.4 Å². The number of hydrogen-bond acceptors (Lipinski definition) is 1. The van der Waals surface area contributed by atoms with Crippen LogP contribution in [0.4, 0.5) is 0 Å². The lowest BCUT2D eigenvalue weighted by molar-refractivity contribution is 0.174. The van der Waals surface area contributed by atoms with Crippen molar-refractivity contribution >= 4 is 11.8 Å². The second-order valence-corrected chi connectivity index (χ2v) is 6.75. The van der Waals surface area contributed by atoms with Gasteiger partial charge in [-0.05, 0) is 56.1 Å². The predicted octanol–water partition coefficient (Wildman–Crippen LogP) is 4.26. The second kappa shape index (κ2) is 3.92. The zero-order chi connectivity index (χ0) is 10.2. The molecule has 2 rings (SSSR count). The molecule has 0 nitrogen and oxygen atoms in total. The highest BCUT2D eigenvalue weighted by atomic mass is 32.2. The number of rotatable bonds is 1. The zero-order valence-electron chi connectivity index (χ0n) is 9.51. The molecule has 14 heavy (non-hydrogen) atoms. The molecule has 0 radical (unpaired) electrons. The molecule has 0 aromatic heterocycles. The van der Waals surface area contributed by atoms with E-state index in [4.69, 9.17) is 0 Å². The van der Waals surface area contributed by atoms with E-state index in [-0.39, 0.29) is 0 Å². The minimum absolute atomic E-state index is 0.662. The molecule has 2 aliphatic rings. The second-order valence-electron chi connectivity index (χ2n) is 5.43. The molecule has 1 saturated carbocycles. The summed E-state index contributed by atoms with van der Waals surface area (Å²) in [5.74, 6) is 2.21. The summed E-state index contributed by atoms with van der Waals surface area (Å²) in [5, 5.41) is 0.923. The molecule has 3 atom stereocenters. The van der Waals surface area contributed by atoms with Crippen molar-refractivity contribution in [1.29, 1.82) is 0 Å². The molecule has 0 aromatic carbocycles. The zero-order valence-corrected chi connectivity index (χ0v) is 10.3. The lowest BCUT2D eigenvalue weighted by atomic mass is 9.67. The minimum atomic E-state index is 0.662. The van der Waals surface area contributed by atoms with Gasteiger partial charge in [0.1, 0.15) is 0 Å². The first kappa shape index (κ1) is 10.6. The fourth-order valence-electron chi connectivity index (χ4n) is 3.03. The first-order chi connectivity index (χ1) is 6.62. The molecule has 1 heterocycles. The van der Waals surface area contributed by atoms with Crippen molar-refractivity contribution in [2.24, 2.45) is 11.3 Å². The van der Waals surface area contributed by atoms with E-state index < -0.39 is 0 Å². The van der Waals surface area contributed by atoms with E-state index in [1.807, 2.05) is 0 Å². The molecule has 1 heteroatoms. The Balaban J connectivity index is 2.05. The molecule has 2 fully saturated rings. The minimum Gasteiger partial charge on any atom is -0.158 e. The molecule has 0 spiro atoms. The molecule has 0 bridgehead atoms. The van der Waals surface area contributed by atoms with Crippen LogP contribution < -0.4 is 0 Å². The average Bonchev–Trinajstić information content (AvgIpc) is 2.16.